The van der Waals surface area contributed by atoms with Crippen LogP contribution >= 0.6 is 0 Å². The zero-order chi connectivity index (χ0) is 19.4. The fourth-order valence-corrected chi connectivity index (χ4v) is 3.30. The highest BCUT2D eigenvalue weighted by atomic mass is 16.6. The summed E-state index contributed by atoms with van der Waals surface area (Å²) in [4.78, 5) is 23.8. The van der Waals surface area contributed by atoms with Crippen molar-refractivity contribution in [3.8, 4) is 0 Å². The van der Waals surface area contributed by atoms with Crippen LogP contribution in [0.15, 0.2) is 18.5 Å². The number of carbonyl (C=O) groups excluding carboxylic acids is 2. The molecular weight excluding hydrogens is 348 g/mol. The summed E-state index contributed by atoms with van der Waals surface area (Å²) in [6.07, 6.45) is 5.73. The molecule has 2 aromatic heterocycles. The van der Waals surface area contributed by atoms with E-state index in [1.807, 2.05) is 33.2 Å². The maximum Gasteiger partial charge on any atom is 0.407 e. The summed E-state index contributed by atoms with van der Waals surface area (Å²) in [5, 5.41) is 16.7. The van der Waals surface area contributed by atoms with Gasteiger partial charge in [0.2, 0.25) is 5.91 Å². The van der Waals surface area contributed by atoms with E-state index in [1.54, 1.807) is 10.9 Å². The molecule has 1 aliphatic carbocycles. The monoisotopic (exact) mass is 374 g/mol. The van der Waals surface area contributed by atoms with Gasteiger partial charge in [0.15, 0.2) is 5.82 Å². The van der Waals surface area contributed by atoms with Crippen molar-refractivity contribution in [1.29, 1.82) is 0 Å². The van der Waals surface area contributed by atoms with Crippen molar-refractivity contribution >= 4 is 17.8 Å². The Kier molecular flexibility index (Phi) is 5.78. The van der Waals surface area contributed by atoms with Crippen LogP contribution in [-0.2, 0) is 23.0 Å². The lowest BCUT2D eigenvalue weighted by Crippen LogP contribution is -2.33. The number of H-pyrrole nitrogens is 1. The molecule has 0 aliphatic heterocycles. The average molecular weight is 374 g/mol. The van der Waals surface area contributed by atoms with E-state index in [4.69, 9.17) is 4.74 Å². The Hall–Kier alpha value is -2.84. The third-order valence-corrected chi connectivity index (χ3v) is 4.49. The highest BCUT2D eigenvalue weighted by Gasteiger charge is 2.30. The second-order valence-corrected chi connectivity index (χ2v) is 7.29. The molecule has 1 fully saturated rings. The molecule has 0 aromatic carbocycles. The number of hydrogen-bond acceptors (Lipinski definition) is 5. The fourth-order valence-electron chi connectivity index (χ4n) is 3.30. The van der Waals surface area contributed by atoms with Gasteiger partial charge in [-0.1, -0.05) is 0 Å². The van der Waals surface area contributed by atoms with Crippen LogP contribution in [0, 0.1) is 0 Å². The number of rotatable bonds is 6. The summed E-state index contributed by atoms with van der Waals surface area (Å²) in [6, 6.07) is 1.91. The molecule has 1 aliphatic rings. The molecule has 0 spiro atoms. The minimum Gasteiger partial charge on any atom is -0.446 e. The van der Waals surface area contributed by atoms with Crippen molar-refractivity contribution in [1.82, 2.24) is 25.3 Å². The van der Waals surface area contributed by atoms with E-state index >= 15 is 0 Å². The molecule has 2 amide bonds. The Morgan fingerprint density at radius 1 is 1.41 bits per heavy atom. The number of anilines is 1. The first kappa shape index (κ1) is 18.9. The van der Waals surface area contributed by atoms with Gasteiger partial charge < -0.3 is 15.4 Å². The van der Waals surface area contributed by atoms with Crippen LogP contribution in [0.1, 0.15) is 50.3 Å². The van der Waals surface area contributed by atoms with Crippen molar-refractivity contribution in [3.05, 3.63) is 29.7 Å². The van der Waals surface area contributed by atoms with E-state index in [0.717, 1.165) is 30.5 Å². The number of alkyl carbamates (subject to hydrolysis) is 1. The van der Waals surface area contributed by atoms with Gasteiger partial charge in [-0.25, -0.2) is 4.79 Å². The molecule has 2 aromatic rings. The summed E-state index contributed by atoms with van der Waals surface area (Å²) in [7, 11) is 1.81. The molecule has 27 heavy (non-hydrogen) atoms. The van der Waals surface area contributed by atoms with Gasteiger partial charge in [-0.3, -0.25) is 14.6 Å². The smallest absolute Gasteiger partial charge is 0.407 e. The number of nitrogens with one attached hydrogen (secondary N) is 3. The zero-order valence-electron chi connectivity index (χ0n) is 15.9. The predicted molar refractivity (Wildman–Crippen MR) is 99.3 cm³/mol. The number of aryl methyl sites for hydroxylation is 1. The van der Waals surface area contributed by atoms with Crippen LogP contribution in [-0.4, -0.2) is 44.1 Å². The number of amides is 2. The second-order valence-electron chi connectivity index (χ2n) is 7.29. The SMILES string of the molecule is CC(C)NC(=O)OC1CCC(c2cc(NC(=O)Cc3cnn(C)c3)n[nH]2)C1. The molecule has 2 atom stereocenters. The minimum absolute atomic E-state index is 0.0557. The first-order chi connectivity index (χ1) is 12.9. The summed E-state index contributed by atoms with van der Waals surface area (Å²) in [5.74, 6) is 0.596. The summed E-state index contributed by atoms with van der Waals surface area (Å²) in [6.45, 7) is 3.79. The molecule has 3 rings (SSSR count). The molecule has 0 bridgehead atoms. The number of nitrogens with zero attached hydrogens (tertiary/aromatic N) is 3. The molecule has 0 radical (unpaired) electrons. The maximum atomic E-state index is 12.1. The van der Waals surface area contributed by atoms with Crippen molar-refractivity contribution < 1.29 is 14.3 Å². The third kappa shape index (κ3) is 5.32. The van der Waals surface area contributed by atoms with Gasteiger partial charge in [-0.15, -0.1) is 0 Å². The summed E-state index contributed by atoms with van der Waals surface area (Å²) < 4.78 is 7.11. The first-order valence-corrected chi connectivity index (χ1v) is 9.19. The van der Waals surface area contributed by atoms with Crippen LogP contribution in [0.5, 0.6) is 0 Å². The van der Waals surface area contributed by atoms with Gasteiger partial charge >= 0.3 is 6.09 Å². The third-order valence-electron chi connectivity index (χ3n) is 4.49. The topological polar surface area (TPSA) is 114 Å². The van der Waals surface area contributed by atoms with E-state index in [0.29, 0.717) is 5.82 Å². The standard InChI is InChI=1S/C18H26N6O3/c1-11(2)20-18(26)27-14-5-4-13(7-14)15-8-16(23-22-15)21-17(25)6-12-9-19-24(3)10-12/h8-11,13-14H,4-7H2,1-3H3,(H,20,26)(H2,21,22,23,25). The van der Waals surface area contributed by atoms with Gasteiger partial charge in [0.1, 0.15) is 6.10 Å². The Bertz CT molecular complexity index is 797. The number of aromatic nitrogens is 4. The number of ether oxygens (including phenoxy) is 1. The van der Waals surface area contributed by atoms with E-state index in [9.17, 15) is 9.59 Å². The van der Waals surface area contributed by atoms with Crippen LogP contribution in [0.25, 0.3) is 0 Å². The van der Waals surface area contributed by atoms with Gasteiger partial charge in [-0.2, -0.15) is 10.2 Å². The summed E-state index contributed by atoms with van der Waals surface area (Å²) in [5.41, 5.74) is 1.79. The van der Waals surface area contributed by atoms with Crippen LogP contribution < -0.4 is 10.6 Å². The number of carbonyl (C=O) groups is 2. The molecule has 0 saturated heterocycles. The molecular formula is C18H26N6O3. The molecule has 2 unspecified atom stereocenters. The lowest BCUT2D eigenvalue weighted by Gasteiger charge is -2.14. The van der Waals surface area contributed by atoms with E-state index in [-0.39, 0.29) is 36.5 Å². The van der Waals surface area contributed by atoms with Crippen molar-refractivity contribution in [2.45, 2.75) is 57.6 Å². The van der Waals surface area contributed by atoms with Gasteiger partial charge in [-0.05, 0) is 38.7 Å². The zero-order valence-corrected chi connectivity index (χ0v) is 15.9. The van der Waals surface area contributed by atoms with Gasteiger partial charge in [0.25, 0.3) is 0 Å². The molecule has 9 nitrogen and oxygen atoms in total. The lowest BCUT2D eigenvalue weighted by atomic mass is 10.0. The molecule has 1 saturated carbocycles. The maximum absolute atomic E-state index is 12.1. The second kappa shape index (κ2) is 8.24. The molecule has 3 N–H and O–H groups in total. The Morgan fingerprint density at radius 3 is 2.93 bits per heavy atom. The van der Waals surface area contributed by atoms with Gasteiger partial charge in [0, 0.05) is 37.0 Å². The Labute approximate surface area is 157 Å². The number of hydrogen-bond donors (Lipinski definition) is 3. The van der Waals surface area contributed by atoms with E-state index in [2.05, 4.69) is 25.9 Å². The summed E-state index contributed by atoms with van der Waals surface area (Å²) >= 11 is 0. The quantitative estimate of drug-likeness (QED) is 0.716. The fraction of sp³-hybridized carbons (Fsp3) is 0.556. The van der Waals surface area contributed by atoms with Crippen LogP contribution in [0.4, 0.5) is 10.6 Å². The normalized spacial score (nSPS) is 19.3. The molecule has 2 heterocycles. The first-order valence-electron chi connectivity index (χ1n) is 9.19. The van der Waals surface area contributed by atoms with Crippen LogP contribution in [0.2, 0.25) is 0 Å². The van der Waals surface area contributed by atoms with Crippen molar-refractivity contribution in [2.75, 3.05) is 5.32 Å². The minimum atomic E-state index is -0.372. The average Bonchev–Trinajstić information content (AvgIpc) is 3.28. The lowest BCUT2D eigenvalue weighted by molar-refractivity contribution is -0.115. The van der Waals surface area contributed by atoms with Crippen molar-refractivity contribution in [2.24, 2.45) is 7.05 Å². The largest absolute Gasteiger partial charge is 0.446 e. The number of aromatic amines is 1. The van der Waals surface area contributed by atoms with E-state index in [1.165, 1.54) is 0 Å². The van der Waals surface area contributed by atoms with Crippen LogP contribution in [0.3, 0.4) is 0 Å². The van der Waals surface area contributed by atoms with Crippen molar-refractivity contribution in [3.63, 3.8) is 0 Å². The highest BCUT2D eigenvalue weighted by Crippen LogP contribution is 2.35. The Morgan fingerprint density at radius 2 is 2.22 bits per heavy atom. The van der Waals surface area contributed by atoms with Gasteiger partial charge in [0.05, 0.1) is 12.6 Å². The highest BCUT2D eigenvalue weighted by molar-refractivity contribution is 5.91. The van der Waals surface area contributed by atoms with E-state index < -0.39 is 0 Å². The molecule has 9 heteroatoms. The Balaban J connectivity index is 1.49. The predicted octanol–water partition coefficient (Wildman–Crippen LogP) is 2.10. The molecule has 146 valence electrons.